The van der Waals surface area contributed by atoms with E-state index in [2.05, 4.69) is 29.8 Å². The number of rotatable bonds is 8. The Bertz CT molecular complexity index is 1030. The molecule has 3 heterocycles. The number of carbonyl (C=O) groups excluding carboxylic acids is 2. The molecule has 1 aromatic carbocycles. The standard InChI is InChI=1S/C27H37N3O4S/c1-18(2)28-27(32)29(15-21-6-5-12-33-21)16-26(31)30-11-9-25-22(10-13-35-25)23(30)17-34-24-8-7-19(3)14-20(24)4/h7-8,10,13-14,18,21,23H,5-6,9,11-12,15-17H2,1-4H3,(H,28,32)/t21-,23+/m1/s1. The lowest BCUT2D eigenvalue weighted by atomic mass is 10.00. The average Bonchev–Trinajstić information content (AvgIpc) is 3.49. The summed E-state index contributed by atoms with van der Waals surface area (Å²) in [5.74, 6) is 0.773. The van der Waals surface area contributed by atoms with Crippen molar-refractivity contribution in [2.45, 2.75) is 65.1 Å². The van der Waals surface area contributed by atoms with Crippen molar-refractivity contribution in [1.82, 2.24) is 15.1 Å². The molecule has 1 aromatic heterocycles. The summed E-state index contributed by atoms with van der Waals surface area (Å²) in [6, 6.07) is 7.82. The highest BCUT2D eigenvalue weighted by Gasteiger charge is 2.34. The van der Waals surface area contributed by atoms with Gasteiger partial charge in [-0.2, -0.15) is 0 Å². The van der Waals surface area contributed by atoms with Crippen LogP contribution in [-0.4, -0.2) is 66.7 Å². The molecule has 35 heavy (non-hydrogen) atoms. The topological polar surface area (TPSA) is 71.1 Å². The van der Waals surface area contributed by atoms with Crippen LogP contribution >= 0.6 is 11.3 Å². The third kappa shape index (κ3) is 6.35. The SMILES string of the molecule is Cc1ccc(OC[C@H]2c3ccsc3CCN2C(=O)CN(C[C@H]2CCCO2)C(=O)NC(C)C)c(C)c1. The van der Waals surface area contributed by atoms with E-state index in [-0.39, 0.29) is 36.7 Å². The zero-order chi connectivity index (χ0) is 24.9. The molecule has 0 radical (unpaired) electrons. The van der Waals surface area contributed by atoms with Crippen LogP contribution < -0.4 is 10.1 Å². The number of hydrogen-bond donors (Lipinski definition) is 1. The minimum atomic E-state index is -0.222. The molecule has 8 heteroatoms. The van der Waals surface area contributed by atoms with Crippen molar-refractivity contribution >= 4 is 23.3 Å². The van der Waals surface area contributed by atoms with Gasteiger partial charge in [-0.05, 0) is 75.6 Å². The molecule has 0 spiro atoms. The van der Waals surface area contributed by atoms with Gasteiger partial charge in [-0.3, -0.25) is 4.79 Å². The maximum absolute atomic E-state index is 13.6. The largest absolute Gasteiger partial charge is 0.491 e. The van der Waals surface area contributed by atoms with Crippen molar-refractivity contribution in [1.29, 1.82) is 0 Å². The summed E-state index contributed by atoms with van der Waals surface area (Å²) >= 11 is 1.73. The molecule has 4 rings (SSSR count). The van der Waals surface area contributed by atoms with Crippen LogP contribution in [0.15, 0.2) is 29.6 Å². The zero-order valence-electron chi connectivity index (χ0n) is 21.2. The van der Waals surface area contributed by atoms with Gasteiger partial charge in [0.25, 0.3) is 0 Å². The van der Waals surface area contributed by atoms with Crippen molar-refractivity contribution < 1.29 is 19.1 Å². The first-order valence-electron chi connectivity index (χ1n) is 12.5. The zero-order valence-corrected chi connectivity index (χ0v) is 22.0. The molecule has 7 nitrogen and oxygen atoms in total. The number of nitrogens with one attached hydrogen (secondary N) is 1. The first kappa shape index (κ1) is 25.5. The maximum Gasteiger partial charge on any atom is 0.318 e. The third-order valence-electron chi connectivity index (χ3n) is 6.62. The summed E-state index contributed by atoms with van der Waals surface area (Å²) in [4.78, 5) is 31.4. The van der Waals surface area contributed by atoms with Gasteiger partial charge in [-0.1, -0.05) is 17.7 Å². The summed E-state index contributed by atoms with van der Waals surface area (Å²) in [7, 11) is 0. The Labute approximate surface area is 212 Å². The van der Waals surface area contributed by atoms with Gasteiger partial charge in [-0.25, -0.2) is 4.79 Å². The molecule has 2 atom stereocenters. The molecule has 2 aromatic rings. The molecular formula is C27H37N3O4S. The predicted molar refractivity (Wildman–Crippen MR) is 138 cm³/mol. The Morgan fingerprint density at radius 1 is 1.29 bits per heavy atom. The van der Waals surface area contributed by atoms with E-state index in [0.717, 1.165) is 36.1 Å². The monoisotopic (exact) mass is 499 g/mol. The molecular weight excluding hydrogens is 462 g/mol. The number of carbonyl (C=O) groups is 2. The molecule has 1 N–H and O–H groups in total. The highest BCUT2D eigenvalue weighted by atomic mass is 32.1. The van der Waals surface area contributed by atoms with Gasteiger partial charge in [0, 0.05) is 30.6 Å². The number of urea groups is 1. The van der Waals surface area contributed by atoms with Gasteiger partial charge < -0.3 is 24.6 Å². The lowest BCUT2D eigenvalue weighted by molar-refractivity contribution is -0.135. The van der Waals surface area contributed by atoms with E-state index >= 15 is 0 Å². The molecule has 1 fully saturated rings. The van der Waals surface area contributed by atoms with Crippen molar-refractivity contribution in [3.8, 4) is 5.75 Å². The third-order valence-corrected chi connectivity index (χ3v) is 7.61. The van der Waals surface area contributed by atoms with Crippen LogP contribution in [0, 0.1) is 13.8 Å². The summed E-state index contributed by atoms with van der Waals surface area (Å²) in [5, 5.41) is 5.03. The number of benzene rings is 1. The summed E-state index contributed by atoms with van der Waals surface area (Å²) in [5.41, 5.74) is 3.42. The molecule has 0 aliphatic carbocycles. The molecule has 1 saturated heterocycles. The van der Waals surface area contributed by atoms with Gasteiger partial charge >= 0.3 is 6.03 Å². The van der Waals surface area contributed by atoms with Gasteiger partial charge in [0.15, 0.2) is 0 Å². The Kier molecular flexibility index (Phi) is 8.34. The van der Waals surface area contributed by atoms with Crippen LogP contribution in [0.5, 0.6) is 5.75 Å². The fraction of sp³-hybridized carbons (Fsp3) is 0.556. The van der Waals surface area contributed by atoms with Gasteiger partial charge in [-0.15, -0.1) is 11.3 Å². The van der Waals surface area contributed by atoms with Gasteiger partial charge in [0.1, 0.15) is 18.9 Å². The van der Waals surface area contributed by atoms with E-state index in [1.54, 1.807) is 16.2 Å². The molecule has 0 bridgehead atoms. The van der Waals surface area contributed by atoms with Crippen molar-refractivity contribution in [3.05, 3.63) is 51.2 Å². The van der Waals surface area contributed by atoms with E-state index in [0.29, 0.717) is 26.3 Å². The number of ether oxygens (including phenoxy) is 2. The average molecular weight is 500 g/mol. The Morgan fingerprint density at radius 2 is 2.11 bits per heavy atom. The molecule has 0 saturated carbocycles. The number of nitrogens with zero attached hydrogens (tertiary/aromatic N) is 2. The predicted octanol–water partition coefficient (Wildman–Crippen LogP) is 4.47. The quantitative estimate of drug-likeness (QED) is 0.582. The number of amides is 3. The van der Waals surface area contributed by atoms with Crippen LogP contribution in [0.1, 0.15) is 54.3 Å². The van der Waals surface area contributed by atoms with Gasteiger partial charge in [0.2, 0.25) is 5.91 Å². The molecule has 2 aliphatic heterocycles. The van der Waals surface area contributed by atoms with Crippen LogP contribution in [0.2, 0.25) is 0 Å². The first-order chi connectivity index (χ1) is 16.8. The van der Waals surface area contributed by atoms with Crippen molar-refractivity contribution in [2.75, 3.05) is 32.8 Å². The maximum atomic E-state index is 13.6. The minimum absolute atomic E-state index is 0.00755. The van der Waals surface area contributed by atoms with Crippen molar-refractivity contribution in [2.24, 2.45) is 0 Å². The minimum Gasteiger partial charge on any atom is -0.491 e. The summed E-state index contributed by atoms with van der Waals surface area (Å²) < 4.78 is 12.0. The van der Waals surface area contributed by atoms with Crippen molar-refractivity contribution in [3.63, 3.8) is 0 Å². The lowest BCUT2D eigenvalue weighted by Gasteiger charge is -2.37. The number of hydrogen-bond acceptors (Lipinski definition) is 5. The highest BCUT2D eigenvalue weighted by molar-refractivity contribution is 7.10. The Balaban J connectivity index is 1.50. The van der Waals surface area contributed by atoms with E-state index in [9.17, 15) is 9.59 Å². The molecule has 0 unspecified atom stereocenters. The second-order valence-corrected chi connectivity index (χ2v) is 10.9. The fourth-order valence-corrected chi connectivity index (χ4v) is 5.78. The smallest absolute Gasteiger partial charge is 0.318 e. The van der Waals surface area contributed by atoms with Crippen LogP contribution in [0.3, 0.4) is 0 Å². The Hall–Kier alpha value is -2.58. The van der Waals surface area contributed by atoms with Crippen LogP contribution in [0.4, 0.5) is 4.79 Å². The Morgan fingerprint density at radius 3 is 2.83 bits per heavy atom. The van der Waals surface area contributed by atoms with E-state index < -0.39 is 0 Å². The van der Waals surface area contributed by atoms with E-state index in [4.69, 9.17) is 9.47 Å². The van der Waals surface area contributed by atoms with E-state index in [1.165, 1.54) is 10.4 Å². The first-order valence-corrected chi connectivity index (χ1v) is 13.4. The number of thiophene rings is 1. The molecule has 190 valence electrons. The molecule has 3 amide bonds. The summed E-state index contributed by atoms with van der Waals surface area (Å²) in [6.45, 7) is 10.1. The molecule has 2 aliphatic rings. The number of aryl methyl sites for hydroxylation is 2. The second kappa shape index (κ2) is 11.4. The van der Waals surface area contributed by atoms with Gasteiger partial charge in [0.05, 0.1) is 12.1 Å². The lowest BCUT2D eigenvalue weighted by Crippen LogP contribution is -2.52. The number of fused-ring (bicyclic) bond motifs is 1. The summed E-state index contributed by atoms with van der Waals surface area (Å²) in [6.07, 6.45) is 2.70. The van der Waals surface area contributed by atoms with Crippen LogP contribution in [-0.2, 0) is 16.0 Å². The van der Waals surface area contributed by atoms with Crippen LogP contribution in [0.25, 0.3) is 0 Å². The van der Waals surface area contributed by atoms with E-state index in [1.807, 2.05) is 37.8 Å². The second-order valence-electron chi connectivity index (χ2n) is 9.85. The highest BCUT2D eigenvalue weighted by Crippen LogP contribution is 2.34. The normalized spacial score (nSPS) is 19.5. The fourth-order valence-electron chi connectivity index (χ4n) is 4.85.